The highest BCUT2D eigenvalue weighted by Crippen LogP contribution is 2.18. The SMILES string of the molecule is CC1=NNC(=O)N(/N=C/c2ccc(Oc3ccccc3)nc2)C1. The van der Waals surface area contributed by atoms with Gasteiger partial charge in [-0.3, -0.25) is 0 Å². The van der Waals surface area contributed by atoms with Crippen LogP contribution in [-0.4, -0.2) is 34.5 Å². The minimum atomic E-state index is -0.358. The Hall–Kier alpha value is -3.22. The highest BCUT2D eigenvalue weighted by Gasteiger charge is 2.16. The minimum absolute atomic E-state index is 0.358. The molecular weight excluding hydrogens is 294 g/mol. The van der Waals surface area contributed by atoms with E-state index in [0.717, 1.165) is 17.0 Å². The molecule has 7 nitrogen and oxygen atoms in total. The molecule has 0 fully saturated rings. The molecule has 0 spiro atoms. The summed E-state index contributed by atoms with van der Waals surface area (Å²) < 4.78 is 5.61. The van der Waals surface area contributed by atoms with Crippen LogP contribution in [0.4, 0.5) is 4.79 Å². The number of nitrogens with one attached hydrogen (secondary N) is 1. The van der Waals surface area contributed by atoms with Crippen LogP contribution in [-0.2, 0) is 0 Å². The molecule has 0 radical (unpaired) electrons. The van der Waals surface area contributed by atoms with E-state index in [9.17, 15) is 4.79 Å². The summed E-state index contributed by atoms with van der Waals surface area (Å²) in [7, 11) is 0. The Labute approximate surface area is 133 Å². The molecule has 1 aromatic heterocycles. The first-order chi connectivity index (χ1) is 11.2. The summed E-state index contributed by atoms with van der Waals surface area (Å²) in [5.41, 5.74) is 3.93. The van der Waals surface area contributed by atoms with Gasteiger partial charge in [-0.1, -0.05) is 18.2 Å². The third-order valence-corrected chi connectivity index (χ3v) is 3.03. The van der Waals surface area contributed by atoms with E-state index in [1.165, 1.54) is 5.01 Å². The van der Waals surface area contributed by atoms with Crippen LogP contribution in [0.5, 0.6) is 11.6 Å². The first kappa shape index (κ1) is 14.7. The van der Waals surface area contributed by atoms with Gasteiger partial charge in [-0.2, -0.15) is 10.2 Å². The Morgan fingerprint density at radius 3 is 2.83 bits per heavy atom. The predicted molar refractivity (Wildman–Crippen MR) is 86.7 cm³/mol. The molecule has 0 aliphatic carbocycles. The Bertz CT molecular complexity index is 741. The monoisotopic (exact) mass is 309 g/mol. The number of hydrogen-bond acceptors (Lipinski definition) is 5. The lowest BCUT2D eigenvalue weighted by molar-refractivity contribution is 0.204. The molecule has 0 saturated carbocycles. The maximum atomic E-state index is 11.6. The van der Waals surface area contributed by atoms with Gasteiger partial charge in [-0.25, -0.2) is 20.2 Å². The number of ether oxygens (including phenoxy) is 1. The second-order valence-electron chi connectivity index (χ2n) is 4.91. The van der Waals surface area contributed by atoms with Gasteiger partial charge in [-0.15, -0.1) is 0 Å². The number of amides is 2. The summed E-state index contributed by atoms with van der Waals surface area (Å²) in [5, 5.41) is 9.28. The number of rotatable bonds is 4. The van der Waals surface area contributed by atoms with Crippen molar-refractivity contribution in [2.45, 2.75) is 6.92 Å². The number of nitrogens with zero attached hydrogens (tertiary/aromatic N) is 4. The van der Waals surface area contributed by atoms with Crippen LogP contribution in [0.3, 0.4) is 0 Å². The number of pyridine rings is 1. The van der Waals surface area contributed by atoms with Crippen molar-refractivity contribution in [3.8, 4) is 11.6 Å². The van der Waals surface area contributed by atoms with E-state index in [-0.39, 0.29) is 6.03 Å². The highest BCUT2D eigenvalue weighted by atomic mass is 16.5. The second-order valence-corrected chi connectivity index (χ2v) is 4.91. The molecule has 2 amide bonds. The lowest BCUT2D eigenvalue weighted by Crippen LogP contribution is -2.42. The van der Waals surface area contributed by atoms with Gasteiger partial charge in [-0.05, 0) is 25.1 Å². The van der Waals surface area contributed by atoms with Crippen LogP contribution >= 0.6 is 0 Å². The average Bonchev–Trinajstić information content (AvgIpc) is 2.58. The summed E-state index contributed by atoms with van der Waals surface area (Å²) in [6.45, 7) is 2.18. The van der Waals surface area contributed by atoms with Crippen molar-refractivity contribution in [3.63, 3.8) is 0 Å². The normalized spacial score (nSPS) is 14.6. The second kappa shape index (κ2) is 6.69. The van der Waals surface area contributed by atoms with Crippen LogP contribution in [0.2, 0.25) is 0 Å². The van der Waals surface area contributed by atoms with Gasteiger partial charge in [0.05, 0.1) is 18.5 Å². The maximum Gasteiger partial charge on any atom is 0.358 e. The first-order valence-electron chi connectivity index (χ1n) is 7.04. The fourth-order valence-electron chi connectivity index (χ4n) is 1.89. The fraction of sp³-hybridized carbons (Fsp3) is 0.125. The van der Waals surface area contributed by atoms with E-state index in [0.29, 0.717) is 12.4 Å². The number of carbonyl (C=O) groups excluding carboxylic acids is 1. The molecular formula is C16H15N5O2. The molecule has 0 unspecified atom stereocenters. The molecule has 1 N–H and O–H groups in total. The van der Waals surface area contributed by atoms with Gasteiger partial charge in [0.2, 0.25) is 5.88 Å². The minimum Gasteiger partial charge on any atom is -0.439 e. The van der Waals surface area contributed by atoms with Gasteiger partial charge in [0.1, 0.15) is 5.75 Å². The summed E-state index contributed by atoms with van der Waals surface area (Å²) in [6, 6.07) is 12.6. The third kappa shape index (κ3) is 3.91. The number of carbonyl (C=O) groups is 1. The topological polar surface area (TPSA) is 79.2 Å². The molecule has 116 valence electrons. The van der Waals surface area contributed by atoms with E-state index in [4.69, 9.17) is 4.74 Å². The van der Waals surface area contributed by atoms with Crippen LogP contribution in [0.25, 0.3) is 0 Å². The smallest absolute Gasteiger partial charge is 0.358 e. The number of aromatic nitrogens is 1. The van der Waals surface area contributed by atoms with Crippen molar-refractivity contribution in [1.82, 2.24) is 15.4 Å². The largest absolute Gasteiger partial charge is 0.439 e. The molecule has 0 saturated heterocycles. The lowest BCUT2D eigenvalue weighted by atomic mass is 10.3. The van der Waals surface area contributed by atoms with E-state index in [1.54, 1.807) is 18.5 Å². The van der Waals surface area contributed by atoms with Crippen LogP contribution in [0, 0.1) is 0 Å². The average molecular weight is 309 g/mol. The number of benzene rings is 1. The molecule has 2 heterocycles. The van der Waals surface area contributed by atoms with Gasteiger partial charge in [0, 0.05) is 17.8 Å². The summed E-state index contributed by atoms with van der Waals surface area (Å²) in [6.07, 6.45) is 3.20. The molecule has 7 heteroatoms. The van der Waals surface area contributed by atoms with Crippen molar-refractivity contribution < 1.29 is 9.53 Å². The number of hydrazone groups is 2. The maximum absolute atomic E-state index is 11.6. The van der Waals surface area contributed by atoms with Gasteiger partial charge < -0.3 is 4.74 Å². The van der Waals surface area contributed by atoms with Crippen molar-refractivity contribution in [2.24, 2.45) is 10.2 Å². The molecule has 1 aliphatic heterocycles. The first-order valence-corrected chi connectivity index (χ1v) is 7.04. The summed E-state index contributed by atoms with van der Waals surface area (Å²) in [4.78, 5) is 15.8. The molecule has 0 atom stereocenters. The third-order valence-electron chi connectivity index (χ3n) is 3.03. The standard InChI is InChI=1S/C16H15N5O2/c1-12-11-21(16(22)20-19-12)18-10-13-7-8-15(17-9-13)23-14-5-3-2-4-6-14/h2-10H,11H2,1H3,(H,20,22)/b18-10+. The zero-order valence-electron chi connectivity index (χ0n) is 12.5. The van der Waals surface area contributed by atoms with Gasteiger partial charge in [0.25, 0.3) is 0 Å². The van der Waals surface area contributed by atoms with Crippen molar-refractivity contribution >= 4 is 18.0 Å². The predicted octanol–water partition coefficient (Wildman–Crippen LogP) is 2.61. The zero-order chi connectivity index (χ0) is 16.1. The van der Waals surface area contributed by atoms with Crippen molar-refractivity contribution in [1.29, 1.82) is 0 Å². The Morgan fingerprint density at radius 2 is 2.09 bits per heavy atom. The van der Waals surface area contributed by atoms with E-state index >= 15 is 0 Å². The van der Waals surface area contributed by atoms with Crippen LogP contribution < -0.4 is 10.2 Å². The Kier molecular flexibility index (Phi) is 4.28. The Morgan fingerprint density at radius 1 is 1.26 bits per heavy atom. The quantitative estimate of drug-likeness (QED) is 0.882. The molecule has 1 aliphatic rings. The molecule has 23 heavy (non-hydrogen) atoms. The van der Waals surface area contributed by atoms with E-state index < -0.39 is 0 Å². The fourth-order valence-corrected chi connectivity index (χ4v) is 1.89. The van der Waals surface area contributed by atoms with Gasteiger partial charge in [0.15, 0.2) is 0 Å². The molecule has 2 aromatic rings. The lowest BCUT2D eigenvalue weighted by Gasteiger charge is -2.20. The van der Waals surface area contributed by atoms with Crippen LogP contribution in [0.15, 0.2) is 58.9 Å². The summed E-state index contributed by atoms with van der Waals surface area (Å²) >= 11 is 0. The number of hydrogen-bond donors (Lipinski definition) is 1. The van der Waals surface area contributed by atoms with Gasteiger partial charge >= 0.3 is 6.03 Å². The highest BCUT2D eigenvalue weighted by molar-refractivity contribution is 5.92. The van der Waals surface area contributed by atoms with Crippen molar-refractivity contribution in [2.75, 3.05) is 6.54 Å². The molecule has 1 aromatic carbocycles. The zero-order valence-corrected chi connectivity index (χ0v) is 12.5. The number of urea groups is 1. The van der Waals surface area contributed by atoms with Crippen LogP contribution in [0.1, 0.15) is 12.5 Å². The summed E-state index contributed by atoms with van der Waals surface area (Å²) in [5.74, 6) is 1.22. The molecule has 0 bridgehead atoms. The Balaban J connectivity index is 1.64. The number of para-hydroxylation sites is 1. The van der Waals surface area contributed by atoms with E-state index in [1.807, 2.05) is 43.3 Å². The van der Waals surface area contributed by atoms with Crippen molar-refractivity contribution in [3.05, 3.63) is 54.2 Å². The molecule has 3 rings (SSSR count). The van der Waals surface area contributed by atoms with E-state index in [2.05, 4.69) is 20.6 Å².